The Morgan fingerprint density at radius 2 is 2.08 bits per heavy atom. The van der Waals surface area contributed by atoms with Gasteiger partial charge in [0.05, 0.1) is 0 Å². The molecule has 0 saturated carbocycles. The van der Waals surface area contributed by atoms with Crippen LogP contribution in [0.15, 0.2) is 34.9 Å². The van der Waals surface area contributed by atoms with Crippen LogP contribution in [-0.4, -0.2) is 37.3 Å². The lowest BCUT2D eigenvalue weighted by Crippen LogP contribution is -2.35. The van der Waals surface area contributed by atoms with Crippen molar-refractivity contribution in [2.24, 2.45) is 7.05 Å². The zero-order valence-corrected chi connectivity index (χ0v) is 14.3. The van der Waals surface area contributed by atoms with Gasteiger partial charge in [0.2, 0.25) is 11.7 Å². The van der Waals surface area contributed by atoms with Gasteiger partial charge in [-0.1, -0.05) is 42.4 Å². The molecule has 3 aromatic rings. The summed E-state index contributed by atoms with van der Waals surface area (Å²) in [4.78, 5) is 18.4. The second-order valence-corrected chi connectivity index (χ2v) is 6.11. The van der Waals surface area contributed by atoms with Gasteiger partial charge in [0.15, 0.2) is 5.69 Å². The van der Waals surface area contributed by atoms with E-state index in [1.54, 1.807) is 0 Å². The summed E-state index contributed by atoms with van der Waals surface area (Å²) >= 11 is 0. The van der Waals surface area contributed by atoms with E-state index in [2.05, 4.69) is 15.2 Å². The minimum atomic E-state index is 0.149. The largest absolute Gasteiger partial charge is 0.338 e. The molecule has 0 radical (unpaired) electrons. The number of benzene rings is 1. The molecule has 2 aromatic heterocycles. The molecule has 0 saturated heterocycles. The number of hydrogen-bond donors (Lipinski definition) is 0. The summed E-state index contributed by atoms with van der Waals surface area (Å²) in [6.45, 7) is 3.14. The first-order chi connectivity index (χ1) is 12.2. The van der Waals surface area contributed by atoms with Gasteiger partial charge in [-0.3, -0.25) is 9.48 Å². The maximum Gasteiger partial charge on any atom is 0.279 e. The molecule has 1 aliphatic heterocycles. The second kappa shape index (κ2) is 6.16. The van der Waals surface area contributed by atoms with Crippen molar-refractivity contribution in [2.45, 2.75) is 26.3 Å². The van der Waals surface area contributed by atoms with Gasteiger partial charge in [-0.2, -0.15) is 10.1 Å². The van der Waals surface area contributed by atoms with Gasteiger partial charge >= 0.3 is 0 Å². The van der Waals surface area contributed by atoms with E-state index in [1.165, 1.54) is 0 Å². The number of fused-ring (bicyclic) bond motifs is 1. The number of amides is 1. The monoisotopic (exact) mass is 337 g/mol. The van der Waals surface area contributed by atoms with E-state index in [9.17, 15) is 4.79 Å². The second-order valence-electron chi connectivity index (χ2n) is 6.11. The lowest BCUT2D eigenvalue weighted by Gasteiger charge is -2.27. The number of carbonyl (C=O) groups is 1. The summed E-state index contributed by atoms with van der Waals surface area (Å²) in [5.74, 6) is 1.07. The Kier molecular flexibility index (Phi) is 3.83. The van der Waals surface area contributed by atoms with Crippen molar-refractivity contribution in [3.63, 3.8) is 0 Å². The quantitative estimate of drug-likeness (QED) is 0.733. The minimum Gasteiger partial charge on any atom is -0.338 e. The van der Waals surface area contributed by atoms with E-state index in [0.29, 0.717) is 30.4 Å². The smallest absolute Gasteiger partial charge is 0.279 e. The van der Waals surface area contributed by atoms with Crippen LogP contribution in [-0.2, 0) is 24.8 Å². The fourth-order valence-corrected chi connectivity index (χ4v) is 3.22. The maximum absolute atomic E-state index is 12.1. The fourth-order valence-electron chi connectivity index (χ4n) is 3.22. The molecule has 0 fully saturated rings. The van der Waals surface area contributed by atoms with E-state index in [1.807, 2.05) is 53.9 Å². The molecule has 0 bridgehead atoms. The van der Waals surface area contributed by atoms with Crippen LogP contribution < -0.4 is 0 Å². The third-order valence-electron chi connectivity index (χ3n) is 4.56. The van der Waals surface area contributed by atoms with Crippen LogP contribution in [0, 0.1) is 0 Å². The average Bonchev–Trinajstić information content (AvgIpc) is 3.26. The first-order valence-electron chi connectivity index (χ1n) is 8.39. The SMILES string of the molecule is CCC(=O)N1CCc2c(c(-c3nc(-c4ccccc4)no3)nn2C)C1. The molecule has 1 aromatic carbocycles. The van der Waals surface area contributed by atoms with E-state index in [-0.39, 0.29) is 5.91 Å². The standard InChI is InChI=1S/C18H19N5O2/c1-3-15(24)23-10-9-14-13(11-23)16(20-22(14)2)18-19-17(21-25-18)12-7-5-4-6-8-12/h4-8H,3,9-11H2,1-2H3. The van der Waals surface area contributed by atoms with Gasteiger partial charge in [0.25, 0.3) is 5.89 Å². The number of nitrogens with zero attached hydrogens (tertiary/aromatic N) is 5. The molecular weight excluding hydrogens is 318 g/mol. The van der Waals surface area contributed by atoms with Crippen LogP contribution >= 0.6 is 0 Å². The number of rotatable bonds is 3. The molecule has 7 heteroatoms. The number of aryl methyl sites for hydroxylation is 1. The molecule has 1 aliphatic rings. The molecule has 0 aliphatic carbocycles. The first-order valence-corrected chi connectivity index (χ1v) is 8.39. The van der Waals surface area contributed by atoms with E-state index >= 15 is 0 Å². The Balaban J connectivity index is 1.71. The van der Waals surface area contributed by atoms with Gasteiger partial charge in [-0.05, 0) is 0 Å². The third kappa shape index (κ3) is 2.71. The highest BCUT2D eigenvalue weighted by molar-refractivity contribution is 5.76. The Labute approximate surface area is 145 Å². The summed E-state index contributed by atoms with van der Waals surface area (Å²) in [5.41, 5.74) is 3.68. The Hall–Kier alpha value is -2.96. The van der Waals surface area contributed by atoms with Crippen molar-refractivity contribution >= 4 is 5.91 Å². The van der Waals surface area contributed by atoms with Gasteiger partial charge < -0.3 is 9.42 Å². The normalized spacial score (nSPS) is 13.8. The lowest BCUT2D eigenvalue weighted by molar-refractivity contribution is -0.131. The first kappa shape index (κ1) is 15.6. The van der Waals surface area contributed by atoms with Crippen molar-refractivity contribution in [2.75, 3.05) is 6.54 Å². The average molecular weight is 337 g/mol. The van der Waals surface area contributed by atoms with Crippen LogP contribution in [0.3, 0.4) is 0 Å². The van der Waals surface area contributed by atoms with Crippen LogP contribution in [0.2, 0.25) is 0 Å². The third-order valence-corrected chi connectivity index (χ3v) is 4.56. The zero-order valence-electron chi connectivity index (χ0n) is 14.3. The maximum atomic E-state index is 12.1. The Bertz CT molecular complexity index is 913. The van der Waals surface area contributed by atoms with Crippen molar-refractivity contribution in [1.29, 1.82) is 0 Å². The fraction of sp³-hybridized carbons (Fsp3) is 0.333. The molecule has 0 atom stereocenters. The molecule has 7 nitrogen and oxygen atoms in total. The Morgan fingerprint density at radius 3 is 2.84 bits per heavy atom. The van der Waals surface area contributed by atoms with Gasteiger partial charge in [0.1, 0.15) is 0 Å². The Morgan fingerprint density at radius 1 is 1.28 bits per heavy atom. The topological polar surface area (TPSA) is 77.1 Å². The summed E-state index contributed by atoms with van der Waals surface area (Å²) < 4.78 is 7.32. The summed E-state index contributed by atoms with van der Waals surface area (Å²) in [6, 6.07) is 9.68. The highest BCUT2D eigenvalue weighted by Crippen LogP contribution is 2.30. The van der Waals surface area contributed by atoms with Crippen molar-refractivity contribution in [3.8, 4) is 23.0 Å². The zero-order chi connectivity index (χ0) is 17.4. The minimum absolute atomic E-state index is 0.149. The summed E-state index contributed by atoms with van der Waals surface area (Å²) in [5, 5.41) is 8.65. The molecular formula is C18H19N5O2. The number of aromatic nitrogens is 4. The molecule has 1 amide bonds. The van der Waals surface area contributed by atoms with E-state index in [0.717, 1.165) is 29.8 Å². The summed E-state index contributed by atoms with van der Waals surface area (Å²) in [6.07, 6.45) is 1.29. The summed E-state index contributed by atoms with van der Waals surface area (Å²) in [7, 11) is 1.91. The number of hydrogen-bond acceptors (Lipinski definition) is 5. The highest BCUT2D eigenvalue weighted by Gasteiger charge is 2.28. The molecule has 3 heterocycles. The van der Waals surface area contributed by atoms with Crippen LogP contribution in [0.25, 0.3) is 23.0 Å². The van der Waals surface area contributed by atoms with Crippen molar-refractivity contribution in [1.82, 2.24) is 24.8 Å². The molecule has 0 N–H and O–H groups in total. The van der Waals surface area contributed by atoms with Crippen molar-refractivity contribution in [3.05, 3.63) is 41.6 Å². The molecule has 128 valence electrons. The van der Waals surface area contributed by atoms with Crippen LogP contribution in [0.1, 0.15) is 24.6 Å². The van der Waals surface area contributed by atoms with E-state index in [4.69, 9.17) is 4.52 Å². The molecule has 4 rings (SSSR count). The van der Waals surface area contributed by atoms with Gasteiger partial charge in [-0.15, -0.1) is 0 Å². The van der Waals surface area contributed by atoms with Gasteiger partial charge in [-0.25, -0.2) is 0 Å². The van der Waals surface area contributed by atoms with Crippen molar-refractivity contribution < 1.29 is 9.32 Å². The molecule has 25 heavy (non-hydrogen) atoms. The predicted octanol–water partition coefficient (Wildman–Crippen LogP) is 2.43. The van der Waals surface area contributed by atoms with E-state index < -0.39 is 0 Å². The molecule has 0 unspecified atom stereocenters. The number of carbonyl (C=O) groups excluding carboxylic acids is 1. The highest BCUT2D eigenvalue weighted by atomic mass is 16.5. The molecule has 0 spiro atoms. The predicted molar refractivity (Wildman–Crippen MR) is 91.3 cm³/mol. The lowest BCUT2D eigenvalue weighted by atomic mass is 10.0. The van der Waals surface area contributed by atoms with Crippen LogP contribution in [0.5, 0.6) is 0 Å². The van der Waals surface area contributed by atoms with Gasteiger partial charge in [0, 0.05) is 49.8 Å². The van der Waals surface area contributed by atoms with Crippen LogP contribution in [0.4, 0.5) is 0 Å².